The minimum Gasteiger partial charge on any atom is -0.488 e. The summed E-state index contributed by atoms with van der Waals surface area (Å²) < 4.78 is 6.61. The second-order valence-electron chi connectivity index (χ2n) is 7.36. The van der Waals surface area contributed by atoms with Gasteiger partial charge in [0.25, 0.3) is 0 Å². The standard InChI is InChI=1S/C27H20BrN3O2/c28-25-14-19(12-13-26(25)33-18-23-8-2-1-7-22(23)16-29)17-30-31-27(32)15-21-10-5-9-20-6-3-4-11-24(20)21/h1-14,17H,15,18H2,(H,31,32)/b30-17-. The largest absolute Gasteiger partial charge is 0.488 e. The number of amides is 1. The third-order valence-corrected chi connectivity index (χ3v) is 5.73. The molecule has 5 nitrogen and oxygen atoms in total. The Labute approximate surface area is 200 Å². The average Bonchev–Trinajstić information content (AvgIpc) is 2.84. The quantitative estimate of drug-likeness (QED) is 0.261. The summed E-state index contributed by atoms with van der Waals surface area (Å²) in [4.78, 5) is 12.4. The second-order valence-corrected chi connectivity index (χ2v) is 8.21. The van der Waals surface area contributed by atoms with Gasteiger partial charge in [0.1, 0.15) is 12.4 Å². The smallest absolute Gasteiger partial charge is 0.244 e. The van der Waals surface area contributed by atoms with E-state index in [1.165, 1.54) is 0 Å². The van der Waals surface area contributed by atoms with E-state index in [0.717, 1.165) is 31.9 Å². The molecule has 0 aliphatic heterocycles. The first-order valence-electron chi connectivity index (χ1n) is 10.3. The highest BCUT2D eigenvalue weighted by Gasteiger charge is 2.07. The van der Waals surface area contributed by atoms with E-state index in [2.05, 4.69) is 32.5 Å². The van der Waals surface area contributed by atoms with Crippen molar-refractivity contribution >= 4 is 38.8 Å². The molecule has 4 rings (SSSR count). The van der Waals surface area contributed by atoms with Gasteiger partial charge in [0.05, 0.1) is 28.7 Å². The molecule has 0 aliphatic carbocycles. The normalized spacial score (nSPS) is 10.8. The minimum absolute atomic E-state index is 0.183. The molecule has 6 heteroatoms. The molecule has 0 spiro atoms. The fourth-order valence-corrected chi connectivity index (χ4v) is 3.97. The van der Waals surface area contributed by atoms with Crippen LogP contribution in [0.3, 0.4) is 0 Å². The van der Waals surface area contributed by atoms with E-state index in [-0.39, 0.29) is 12.3 Å². The molecule has 0 aromatic heterocycles. The summed E-state index contributed by atoms with van der Waals surface area (Å²) in [5.74, 6) is 0.470. The molecule has 4 aromatic rings. The van der Waals surface area contributed by atoms with Crippen LogP contribution in [-0.2, 0) is 17.8 Å². The number of benzene rings is 4. The van der Waals surface area contributed by atoms with Crippen molar-refractivity contribution in [2.75, 3.05) is 0 Å². The number of halogens is 1. The van der Waals surface area contributed by atoms with Crippen LogP contribution in [0.15, 0.2) is 94.5 Å². The monoisotopic (exact) mass is 497 g/mol. The molecule has 33 heavy (non-hydrogen) atoms. The van der Waals surface area contributed by atoms with Gasteiger partial charge in [0.15, 0.2) is 0 Å². The Morgan fingerprint density at radius 1 is 1.00 bits per heavy atom. The third-order valence-electron chi connectivity index (χ3n) is 5.11. The lowest BCUT2D eigenvalue weighted by atomic mass is 10.0. The van der Waals surface area contributed by atoms with Crippen LogP contribution in [0, 0.1) is 11.3 Å². The van der Waals surface area contributed by atoms with Gasteiger partial charge in [-0.3, -0.25) is 4.79 Å². The van der Waals surface area contributed by atoms with Gasteiger partial charge in [-0.25, -0.2) is 5.43 Å². The van der Waals surface area contributed by atoms with Crippen LogP contribution in [0.2, 0.25) is 0 Å². The van der Waals surface area contributed by atoms with Gasteiger partial charge in [0.2, 0.25) is 5.91 Å². The number of carbonyl (C=O) groups excluding carboxylic acids is 1. The summed E-state index contributed by atoms with van der Waals surface area (Å²) >= 11 is 3.51. The highest BCUT2D eigenvalue weighted by atomic mass is 79.9. The Kier molecular flexibility index (Phi) is 7.13. The summed E-state index contributed by atoms with van der Waals surface area (Å²) in [7, 11) is 0. The van der Waals surface area contributed by atoms with Gasteiger partial charge < -0.3 is 4.74 Å². The van der Waals surface area contributed by atoms with Crippen LogP contribution >= 0.6 is 15.9 Å². The maximum atomic E-state index is 12.4. The zero-order chi connectivity index (χ0) is 23.0. The van der Waals surface area contributed by atoms with Crippen molar-refractivity contribution in [3.8, 4) is 11.8 Å². The minimum atomic E-state index is -0.183. The molecule has 0 aliphatic rings. The van der Waals surface area contributed by atoms with E-state index in [1.807, 2.05) is 78.9 Å². The van der Waals surface area contributed by atoms with Crippen molar-refractivity contribution in [2.45, 2.75) is 13.0 Å². The summed E-state index contributed by atoms with van der Waals surface area (Å²) in [5.41, 5.74) is 5.77. The first kappa shape index (κ1) is 22.3. The van der Waals surface area contributed by atoms with E-state index >= 15 is 0 Å². The first-order valence-corrected chi connectivity index (χ1v) is 11.1. The Morgan fingerprint density at radius 2 is 1.76 bits per heavy atom. The van der Waals surface area contributed by atoms with Crippen LogP contribution in [0.1, 0.15) is 22.3 Å². The van der Waals surface area contributed by atoms with Crippen molar-refractivity contribution in [3.63, 3.8) is 0 Å². The number of nitrogens with zero attached hydrogens (tertiary/aromatic N) is 2. The van der Waals surface area contributed by atoms with E-state index in [9.17, 15) is 10.1 Å². The van der Waals surface area contributed by atoms with Gasteiger partial charge in [-0.1, -0.05) is 60.7 Å². The van der Waals surface area contributed by atoms with Gasteiger partial charge in [-0.15, -0.1) is 0 Å². The summed E-state index contributed by atoms with van der Waals surface area (Å²) in [5, 5.41) is 15.5. The molecule has 162 valence electrons. The number of nitrogens with one attached hydrogen (secondary N) is 1. The van der Waals surface area contributed by atoms with E-state index in [0.29, 0.717) is 17.9 Å². The average molecular weight is 498 g/mol. The highest BCUT2D eigenvalue weighted by molar-refractivity contribution is 9.10. The molecule has 0 radical (unpaired) electrons. The Hall–Kier alpha value is -3.95. The zero-order valence-corrected chi connectivity index (χ0v) is 19.2. The number of hydrogen-bond donors (Lipinski definition) is 1. The van der Waals surface area contributed by atoms with Crippen molar-refractivity contribution in [1.82, 2.24) is 5.43 Å². The summed E-state index contributed by atoms with van der Waals surface area (Å²) in [6, 6.07) is 29.0. The molecule has 0 saturated carbocycles. The van der Waals surface area contributed by atoms with Gasteiger partial charge in [-0.05, 0) is 62.1 Å². The predicted molar refractivity (Wildman–Crippen MR) is 133 cm³/mol. The Bertz CT molecular complexity index is 1370. The van der Waals surface area contributed by atoms with Gasteiger partial charge in [0, 0.05) is 5.56 Å². The topological polar surface area (TPSA) is 74.5 Å². The van der Waals surface area contributed by atoms with Crippen LogP contribution in [0.4, 0.5) is 0 Å². The maximum Gasteiger partial charge on any atom is 0.244 e. The van der Waals surface area contributed by atoms with Gasteiger partial charge >= 0.3 is 0 Å². The molecule has 0 fully saturated rings. The first-order chi connectivity index (χ1) is 16.1. The van der Waals surface area contributed by atoms with Crippen molar-refractivity contribution in [3.05, 3.63) is 112 Å². The fraction of sp³-hybridized carbons (Fsp3) is 0.0741. The number of ether oxygens (including phenoxy) is 1. The molecule has 0 bridgehead atoms. The van der Waals surface area contributed by atoms with Crippen LogP contribution in [0.25, 0.3) is 10.8 Å². The molecule has 1 N–H and O–H groups in total. The Morgan fingerprint density at radius 3 is 2.61 bits per heavy atom. The summed E-state index contributed by atoms with van der Waals surface area (Å²) in [6.07, 6.45) is 1.83. The van der Waals surface area contributed by atoms with Crippen molar-refractivity contribution < 1.29 is 9.53 Å². The third kappa shape index (κ3) is 5.65. The van der Waals surface area contributed by atoms with E-state index < -0.39 is 0 Å². The zero-order valence-electron chi connectivity index (χ0n) is 17.7. The highest BCUT2D eigenvalue weighted by Crippen LogP contribution is 2.27. The fourth-order valence-electron chi connectivity index (χ4n) is 3.46. The van der Waals surface area contributed by atoms with Crippen LogP contribution in [-0.4, -0.2) is 12.1 Å². The molecule has 0 atom stereocenters. The number of hydrazone groups is 1. The lowest BCUT2D eigenvalue weighted by Crippen LogP contribution is -2.19. The number of carbonyl (C=O) groups is 1. The van der Waals surface area contributed by atoms with Crippen LogP contribution in [0.5, 0.6) is 5.75 Å². The summed E-state index contributed by atoms with van der Waals surface area (Å²) in [6.45, 7) is 0.292. The number of hydrogen-bond acceptors (Lipinski definition) is 4. The molecule has 0 heterocycles. The number of nitriles is 1. The predicted octanol–water partition coefficient (Wildman–Crippen LogP) is 5.75. The Balaban J connectivity index is 1.35. The number of rotatable bonds is 7. The molecule has 4 aromatic carbocycles. The van der Waals surface area contributed by atoms with E-state index in [1.54, 1.807) is 12.3 Å². The maximum absolute atomic E-state index is 12.4. The molecule has 0 saturated heterocycles. The number of fused-ring (bicyclic) bond motifs is 1. The molecular formula is C27H20BrN3O2. The van der Waals surface area contributed by atoms with Crippen molar-refractivity contribution in [2.24, 2.45) is 5.10 Å². The van der Waals surface area contributed by atoms with Crippen molar-refractivity contribution in [1.29, 1.82) is 5.26 Å². The lowest BCUT2D eigenvalue weighted by molar-refractivity contribution is -0.120. The lowest BCUT2D eigenvalue weighted by Gasteiger charge is -2.10. The van der Waals surface area contributed by atoms with Gasteiger partial charge in [-0.2, -0.15) is 10.4 Å². The van der Waals surface area contributed by atoms with Crippen LogP contribution < -0.4 is 10.2 Å². The second kappa shape index (κ2) is 10.6. The molecule has 1 amide bonds. The molecular weight excluding hydrogens is 478 g/mol. The SMILES string of the molecule is N#Cc1ccccc1COc1ccc(/C=N\NC(=O)Cc2cccc3ccccc23)cc1Br. The molecule has 0 unspecified atom stereocenters. The van der Waals surface area contributed by atoms with E-state index in [4.69, 9.17) is 4.74 Å².